The molecule has 0 spiro atoms. The maximum atomic E-state index is 10.0. The number of ketones is 2. The van der Waals surface area contributed by atoms with E-state index in [-0.39, 0.29) is 46.8 Å². The third-order valence-corrected chi connectivity index (χ3v) is 0.824. The van der Waals surface area contributed by atoms with E-state index in [0.717, 1.165) is 0 Å². The summed E-state index contributed by atoms with van der Waals surface area (Å²) in [6.45, 7) is 5.70. The third-order valence-electron chi connectivity index (χ3n) is 0.824. The van der Waals surface area contributed by atoms with Gasteiger partial charge in [0, 0.05) is 35.8 Å². The molecule has 0 saturated carbocycles. The molecule has 0 saturated heterocycles. The van der Waals surface area contributed by atoms with Crippen LogP contribution in [0.5, 0.6) is 0 Å². The summed E-state index contributed by atoms with van der Waals surface area (Å²) in [5, 5.41) is 16.7. The van der Waals surface area contributed by atoms with Crippen LogP contribution in [0.1, 0.15) is 27.7 Å². The molecule has 0 bridgehead atoms. The average Bonchev–Trinajstić information content (AvgIpc) is 1.79. The van der Waals surface area contributed by atoms with E-state index >= 15 is 0 Å². The molecule has 0 aliphatic carbocycles. The van der Waals surface area contributed by atoms with Crippen LogP contribution in [0.3, 0.4) is 0 Å². The van der Waals surface area contributed by atoms with Crippen molar-refractivity contribution in [2.75, 3.05) is 0 Å². The summed E-state index contributed by atoms with van der Waals surface area (Å²) >= 11 is 0. The smallest absolute Gasteiger partial charge is 0.155 e. The normalized spacial score (nSPS) is 10.7. The number of carbonyl (C=O) groups is 2. The van der Waals surface area contributed by atoms with Crippen molar-refractivity contribution in [1.82, 2.24) is 0 Å². The van der Waals surface area contributed by atoms with Crippen LogP contribution < -0.4 is 0 Å². The van der Waals surface area contributed by atoms with Gasteiger partial charge in [0.25, 0.3) is 0 Å². The molecule has 0 aromatic rings. The fourth-order valence-electron chi connectivity index (χ4n) is 0.588. The molecule has 0 aromatic carbocycles. The Balaban J connectivity index is -0.000000180. The van der Waals surface area contributed by atoms with Crippen molar-refractivity contribution >= 4 is 35.2 Å². The van der Waals surface area contributed by atoms with Crippen LogP contribution in [0.2, 0.25) is 0 Å². The summed E-state index contributed by atoms with van der Waals surface area (Å²) in [4.78, 5) is 20.0. The fourth-order valence-corrected chi connectivity index (χ4v) is 0.588. The quantitative estimate of drug-likeness (QED) is 0.460. The van der Waals surface area contributed by atoms with Gasteiger partial charge in [-0.1, -0.05) is 0 Å². The second-order valence-electron chi connectivity index (χ2n) is 2.79. The maximum absolute atomic E-state index is 10.0. The summed E-state index contributed by atoms with van der Waals surface area (Å²) in [5.41, 5.74) is 0. The molecule has 2 N–H and O–H groups in total. The minimum absolute atomic E-state index is 0. The van der Waals surface area contributed by atoms with E-state index in [9.17, 15) is 9.59 Å². The van der Waals surface area contributed by atoms with Gasteiger partial charge in [-0.25, -0.2) is 0 Å². The Morgan fingerprint density at radius 2 is 1.00 bits per heavy atom. The van der Waals surface area contributed by atoms with E-state index in [1.807, 2.05) is 0 Å². The largest absolute Gasteiger partial charge is 0.512 e. The Morgan fingerprint density at radius 3 is 1.00 bits per heavy atom. The van der Waals surface area contributed by atoms with Crippen LogP contribution in [-0.4, -0.2) is 45.4 Å². The van der Waals surface area contributed by atoms with Crippen molar-refractivity contribution in [3.63, 3.8) is 0 Å². The average molecular weight is 328 g/mol. The fraction of sp³-hybridized carbons (Fsp3) is 0.400. The first-order valence-corrected chi connectivity index (χ1v) is 4.01. The predicted molar refractivity (Wildman–Crippen MR) is 59.9 cm³/mol. The van der Waals surface area contributed by atoms with Crippen LogP contribution in [0.15, 0.2) is 23.7 Å². The second-order valence-corrected chi connectivity index (χ2v) is 2.79. The van der Waals surface area contributed by atoms with Gasteiger partial charge in [0.15, 0.2) is 11.6 Å². The molecule has 0 rings (SSSR count). The molecule has 15 heavy (non-hydrogen) atoms. The first kappa shape index (κ1) is 19.7. The van der Waals surface area contributed by atoms with E-state index in [1.165, 1.54) is 39.8 Å². The Kier molecular flexibility index (Phi) is 14.8. The number of rotatable bonds is 2. The zero-order chi connectivity index (χ0) is 11.7. The molecule has 0 heterocycles. The summed E-state index contributed by atoms with van der Waals surface area (Å²) in [7, 11) is 0. The standard InChI is InChI=1S/2C5H8O2.Te/c2*1-4(6)3-5(2)7;/h2*3,6H,1-2H3;/b2*4-3-;. The first-order valence-electron chi connectivity index (χ1n) is 4.01. The van der Waals surface area contributed by atoms with Crippen LogP contribution in [0.4, 0.5) is 0 Å². The summed E-state index contributed by atoms with van der Waals surface area (Å²) in [6.07, 6.45) is 2.33. The number of aliphatic hydroxyl groups is 2. The summed E-state index contributed by atoms with van der Waals surface area (Å²) in [5.74, 6) is -0.125. The molecule has 2 radical (unpaired) electrons. The number of carbonyl (C=O) groups excluding carboxylic acids is 2. The van der Waals surface area contributed by atoms with Gasteiger partial charge in [-0.2, -0.15) is 0 Å². The third kappa shape index (κ3) is 31.9. The van der Waals surface area contributed by atoms with Crippen molar-refractivity contribution in [3.8, 4) is 0 Å². The van der Waals surface area contributed by atoms with Gasteiger partial charge in [-0.3, -0.25) is 9.59 Å². The topological polar surface area (TPSA) is 74.6 Å². The Labute approximate surface area is 106 Å². The van der Waals surface area contributed by atoms with E-state index in [0.29, 0.717) is 0 Å². The number of aliphatic hydroxyl groups excluding tert-OH is 2. The van der Waals surface area contributed by atoms with Gasteiger partial charge in [0.05, 0.1) is 11.5 Å². The number of hydrogen-bond donors (Lipinski definition) is 2. The summed E-state index contributed by atoms with van der Waals surface area (Å²) in [6, 6.07) is 0. The predicted octanol–water partition coefficient (Wildman–Crippen LogP) is 1.69. The van der Waals surface area contributed by atoms with E-state index in [2.05, 4.69) is 0 Å². The molecule has 5 heteroatoms. The molecule has 0 aliphatic rings. The van der Waals surface area contributed by atoms with Crippen molar-refractivity contribution in [2.45, 2.75) is 27.7 Å². The Hall–Kier alpha value is -0.790. The van der Waals surface area contributed by atoms with Crippen molar-refractivity contribution in [2.24, 2.45) is 0 Å². The minimum atomic E-state index is -0.125. The number of allylic oxidation sites excluding steroid dienone is 4. The molecule has 86 valence electrons. The molecule has 0 aliphatic heterocycles. The van der Waals surface area contributed by atoms with Gasteiger partial charge in [-0.15, -0.1) is 0 Å². The van der Waals surface area contributed by atoms with Crippen LogP contribution in [0, 0.1) is 0 Å². The molecule has 0 atom stereocenters. The van der Waals surface area contributed by atoms with Gasteiger partial charge in [0.1, 0.15) is 0 Å². The van der Waals surface area contributed by atoms with E-state index in [4.69, 9.17) is 10.2 Å². The summed E-state index contributed by atoms with van der Waals surface area (Å²) < 4.78 is 0. The van der Waals surface area contributed by atoms with Gasteiger partial charge in [0.2, 0.25) is 0 Å². The number of hydrogen-bond acceptors (Lipinski definition) is 4. The zero-order valence-electron chi connectivity index (χ0n) is 9.27. The molecule has 0 amide bonds. The molecule has 4 nitrogen and oxygen atoms in total. The van der Waals surface area contributed by atoms with E-state index in [1.54, 1.807) is 0 Å². The monoisotopic (exact) mass is 330 g/mol. The second kappa shape index (κ2) is 11.3. The Bertz CT molecular complexity index is 231. The molecule has 0 unspecified atom stereocenters. The molecular weight excluding hydrogens is 312 g/mol. The van der Waals surface area contributed by atoms with Gasteiger partial charge >= 0.3 is 0 Å². The maximum Gasteiger partial charge on any atom is 0.155 e. The Morgan fingerprint density at radius 1 is 0.800 bits per heavy atom. The molecular formula is C10H16O4Te. The van der Waals surface area contributed by atoms with Crippen molar-refractivity contribution < 1.29 is 19.8 Å². The molecule has 0 fully saturated rings. The van der Waals surface area contributed by atoms with Crippen LogP contribution in [0.25, 0.3) is 0 Å². The first-order chi connectivity index (χ1) is 6.25. The van der Waals surface area contributed by atoms with Crippen molar-refractivity contribution in [3.05, 3.63) is 23.7 Å². The van der Waals surface area contributed by atoms with Crippen LogP contribution in [-0.2, 0) is 9.59 Å². The van der Waals surface area contributed by atoms with Crippen molar-refractivity contribution in [1.29, 1.82) is 0 Å². The van der Waals surface area contributed by atoms with Crippen LogP contribution >= 0.6 is 0 Å². The van der Waals surface area contributed by atoms with E-state index < -0.39 is 0 Å². The molecule has 0 aromatic heterocycles. The van der Waals surface area contributed by atoms with Gasteiger partial charge in [-0.05, 0) is 27.7 Å². The zero-order valence-corrected chi connectivity index (χ0v) is 11.6. The minimum Gasteiger partial charge on any atom is -0.512 e. The SMILES string of the molecule is CC(=O)/C=C(/C)O.CC(=O)/C=C(/C)O.[Te]. The van der Waals surface area contributed by atoms with Gasteiger partial charge < -0.3 is 10.2 Å².